The number of esters is 1. The molecule has 0 saturated carbocycles. The second-order valence-corrected chi connectivity index (χ2v) is 20.9. The van der Waals surface area contributed by atoms with Crippen molar-refractivity contribution >= 4 is 22.4 Å². The third-order valence-corrected chi connectivity index (χ3v) is 11.6. The quantitative estimate of drug-likeness (QED) is 0.182. The zero-order valence-electron chi connectivity index (χ0n) is 20.6. The van der Waals surface area contributed by atoms with Crippen molar-refractivity contribution in [3.8, 4) is 5.88 Å². The van der Waals surface area contributed by atoms with Crippen LogP contribution in [-0.4, -0.2) is 58.8 Å². The summed E-state index contributed by atoms with van der Waals surface area (Å²) in [6, 6.07) is 2.55. The molecular weight excluding hydrogens is 416 g/mol. The molecule has 174 valence electrons. The number of rotatable bonds is 12. The van der Waals surface area contributed by atoms with E-state index in [1.54, 1.807) is 17.7 Å². The van der Waals surface area contributed by atoms with Crippen molar-refractivity contribution in [1.82, 2.24) is 9.78 Å². The number of nitrogens with zero attached hydrogens (tertiary/aromatic N) is 2. The Kier molecular flexibility index (Phi) is 9.78. The van der Waals surface area contributed by atoms with Crippen LogP contribution in [0.3, 0.4) is 0 Å². The standard InChI is InChI=1S/C21H42N2O5Si2/c1-11-26-20(24)18-14-19(27-16-25-12-13-29(6,7)8)22-23(18)17(2)15-28-30(9,10)21(3,4)5/h14,17H,11-13,15-16H2,1-10H3/t17-/m0/s1. The fourth-order valence-corrected chi connectivity index (χ4v) is 4.14. The first kappa shape index (κ1) is 26.9. The lowest BCUT2D eigenvalue weighted by atomic mass is 10.2. The minimum Gasteiger partial charge on any atom is -0.461 e. The van der Waals surface area contributed by atoms with Crippen molar-refractivity contribution < 1.29 is 23.4 Å². The first-order valence-electron chi connectivity index (χ1n) is 10.8. The molecular formula is C21H42N2O5Si2. The summed E-state index contributed by atoms with van der Waals surface area (Å²) in [5.41, 5.74) is 0.361. The van der Waals surface area contributed by atoms with Crippen LogP contribution >= 0.6 is 0 Å². The highest BCUT2D eigenvalue weighted by atomic mass is 28.4. The molecule has 0 aliphatic rings. The van der Waals surface area contributed by atoms with Gasteiger partial charge in [-0.3, -0.25) is 0 Å². The van der Waals surface area contributed by atoms with Crippen LogP contribution in [0.25, 0.3) is 0 Å². The Bertz CT molecular complexity index is 678. The Balaban J connectivity index is 2.83. The van der Waals surface area contributed by atoms with Gasteiger partial charge in [-0.2, -0.15) is 0 Å². The average Bonchev–Trinajstić information content (AvgIpc) is 3.02. The lowest BCUT2D eigenvalue weighted by Crippen LogP contribution is -2.42. The van der Waals surface area contributed by atoms with E-state index in [0.717, 1.165) is 6.04 Å². The highest BCUT2D eigenvalue weighted by molar-refractivity contribution is 6.76. The van der Waals surface area contributed by atoms with Gasteiger partial charge in [-0.15, -0.1) is 5.10 Å². The summed E-state index contributed by atoms with van der Waals surface area (Å²) < 4.78 is 24.4. The molecule has 0 amide bonds. The van der Waals surface area contributed by atoms with Gasteiger partial charge in [0.1, 0.15) is 0 Å². The summed E-state index contributed by atoms with van der Waals surface area (Å²) >= 11 is 0. The van der Waals surface area contributed by atoms with E-state index in [2.05, 4.69) is 58.6 Å². The number of ether oxygens (including phenoxy) is 3. The van der Waals surface area contributed by atoms with Crippen LogP contribution in [0.5, 0.6) is 5.88 Å². The SMILES string of the molecule is CCOC(=O)c1cc(OCOCC[Si](C)(C)C)nn1[C@@H](C)CO[Si](C)(C)C(C)(C)C. The zero-order valence-corrected chi connectivity index (χ0v) is 22.6. The van der Waals surface area contributed by atoms with Crippen molar-refractivity contribution in [2.45, 2.75) is 84.5 Å². The summed E-state index contributed by atoms with van der Waals surface area (Å²) in [6.07, 6.45) is 0. The van der Waals surface area contributed by atoms with Crippen molar-refractivity contribution in [3.63, 3.8) is 0 Å². The molecule has 0 aliphatic carbocycles. The molecule has 30 heavy (non-hydrogen) atoms. The molecule has 0 spiro atoms. The maximum absolute atomic E-state index is 12.4. The summed E-state index contributed by atoms with van der Waals surface area (Å²) in [5.74, 6) is -0.0658. The van der Waals surface area contributed by atoms with Crippen LogP contribution in [0.1, 0.15) is 51.1 Å². The fourth-order valence-electron chi connectivity index (χ4n) is 2.29. The second kappa shape index (κ2) is 10.9. The minimum atomic E-state index is -1.90. The second-order valence-electron chi connectivity index (χ2n) is 10.4. The number of carbonyl (C=O) groups is 1. The minimum absolute atomic E-state index is 0.110. The maximum atomic E-state index is 12.4. The molecule has 7 nitrogen and oxygen atoms in total. The van der Waals surface area contributed by atoms with Gasteiger partial charge >= 0.3 is 5.97 Å². The Hall–Kier alpha value is -1.17. The van der Waals surface area contributed by atoms with Crippen LogP contribution in [0.15, 0.2) is 6.07 Å². The van der Waals surface area contributed by atoms with Gasteiger partial charge in [-0.1, -0.05) is 40.4 Å². The van der Waals surface area contributed by atoms with Crippen molar-refractivity contribution in [3.05, 3.63) is 11.8 Å². The molecule has 1 aromatic heterocycles. The summed E-state index contributed by atoms with van der Waals surface area (Å²) in [5, 5.41) is 4.59. The highest BCUT2D eigenvalue weighted by Crippen LogP contribution is 2.37. The number of aromatic nitrogens is 2. The molecule has 0 unspecified atom stereocenters. The lowest BCUT2D eigenvalue weighted by Gasteiger charge is -2.37. The summed E-state index contributed by atoms with van der Waals surface area (Å²) in [4.78, 5) is 12.4. The van der Waals surface area contributed by atoms with E-state index >= 15 is 0 Å². The van der Waals surface area contributed by atoms with E-state index < -0.39 is 22.4 Å². The van der Waals surface area contributed by atoms with Crippen molar-refractivity contribution in [1.29, 1.82) is 0 Å². The lowest BCUT2D eigenvalue weighted by molar-refractivity contribution is 0.0187. The molecule has 1 aromatic rings. The van der Waals surface area contributed by atoms with E-state index in [4.69, 9.17) is 18.6 Å². The molecule has 0 aromatic carbocycles. The van der Waals surface area contributed by atoms with Gasteiger partial charge < -0.3 is 18.6 Å². The van der Waals surface area contributed by atoms with Gasteiger partial charge in [0.15, 0.2) is 20.8 Å². The van der Waals surface area contributed by atoms with Crippen molar-refractivity contribution in [2.75, 3.05) is 26.6 Å². The molecule has 0 aliphatic heterocycles. The predicted octanol–water partition coefficient (Wildman–Crippen LogP) is 5.33. The first-order valence-corrected chi connectivity index (χ1v) is 17.4. The molecule has 1 heterocycles. The van der Waals surface area contributed by atoms with Crippen LogP contribution in [0.2, 0.25) is 43.8 Å². The molecule has 0 radical (unpaired) electrons. The molecule has 1 rings (SSSR count). The fraction of sp³-hybridized carbons (Fsp3) is 0.810. The highest BCUT2D eigenvalue weighted by Gasteiger charge is 2.37. The number of hydrogen-bond donors (Lipinski definition) is 0. The number of carbonyl (C=O) groups excluding carboxylic acids is 1. The molecule has 0 saturated heterocycles. The first-order chi connectivity index (χ1) is 13.7. The van der Waals surface area contributed by atoms with Crippen LogP contribution in [0.4, 0.5) is 0 Å². The third kappa shape index (κ3) is 8.52. The molecule has 0 bridgehead atoms. The monoisotopic (exact) mass is 458 g/mol. The zero-order chi connectivity index (χ0) is 23.2. The van der Waals surface area contributed by atoms with Crippen LogP contribution in [0, 0.1) is 0 Å². The van der Waals surface area contributed by atoms with Gasteiger partial charge in [0.05, 0.1) is 19.3 Å². The summed E-state index contributed by atoms with van der Waals surface area (Å²) in [7, 11) is -3.05. The normalized spacial score (nSPS) is 13.9. The molecule has 1 atom stereocenters. The van der Waals surface area contributed by atoms with Gasteiger partial charge in [0.2, 0.25) is 5.88 Å². The van der Waals surface area contributed by atoms with E-state index in [9.17, 15) is 4.79 Å². The van der Waals surface area contributed by atoms with E-state index in [-0.39, 0.29) is 17.9 Å². The Morgan fingerprint density at radius 3 is 2.37 bits per heavy atom. The average molecular weight is 459 g/mol. The van der Waals surface area contributed by atoms with Gasteiger partial charge in [-0.05, 0) is 38.0 Å². The number of hydrogen-bond acceptors (Lipinski definition) is 6. The largest absolute Gasteiger partial charge is 0.461 e. The topological polar surface area (TPSA) is 71.8 Å². The Morgan fingerprint density at radius 1 is 1.20 bits per heavy atom. The van der Waals surface area contributed by atoms with E-state index in [1.807, 2.05) is 6.92 Å². The van der Waals surface area contributed by atoms with Crippen LogP contribution in [-0.2, 0) is 13.9 Å². The van der Waals surface area contributed by atoms with Gasteiger partial charge in [0.25, 0.3) is 0 Å². The third-order valence-electron chi connectivity index (χ3n) is 5.39. The smallest absolute Gasteiger partial charge is 0.356 e. The Morgan fingerprint density at radius 2 is 1.83 bits per heavy atom. The Labute approximate surface area is 184 Å². The van der Waals surface area contributed by atoms with Gasteiger partial charge in [0, 0.05) is 20.7 Å². The molecule has 0 fully saturated rings. The van der Waals surface area contributed by atoms with E-state index in [1.165, 1.54) is 0 Å². The van der Waals surface area contributed by atoms with Crippen molar-refractivity contribution in [2.24, 2.45) is 0 Å². The van der Waals surface area contributed by atoms with Gasteiger partial charge in [-0.25, -0.2) is 9.48 Å². The van der Waals surface area contributed by atoms with E-state index in [0.29, 0.717) is 31.4 Å². The maximum Gasteiger partial charge on any atom is 0.356 e. The molecule has 0 N–H and O–H groups in total. The summed E-state index contributed by atoms with van der Waals surface area (Å²) in [6.45, 7) is 23.3. The van der Waals surface area contributed by atoms with Crippen LogP contribution < -0.4 is 4.74 Å². The molecule has 9 heteroatoms. The predicted molar refractivity (Wildman–Crippen MR) is 126 cm³/mol.